The van der Waals surface area contributed by atoms with Gasteiger partial charge in [-0.05, 0) is 91.6 Å². The summed E-state index contributed by atoms with van der Waals surface area (Å²) in [4.78, 5) is 3.63. The van der Waals surface area contributed by atoms with Crippen LogP contribution in [0.3, 0.4) is 0 Å². The van der Waals surface area contributed by atoms with Crippen molar-refractivity contribution in [3.05, 3.63) is 97.1 Å². The molecule has 3 atom stereocenters. The largest absolute Gasteiger partial charge is 0.374 e. The van der Waals surface area contributed by atoms with Gasteiger partial charge >= 0.3 is 0 Å². The lowest BCUT2D eigenvalue weighted by molar-refractivity contribution is -0.0752. The minimum absolute atomic E-state index is 0.0414. The number of nitrogens with zero attached hydrogens (tertiary/aromatic N) is 4. The summed E-state index contributed by atoms with van der Waals surface area (Å²) in [5, 5.41) is 0. The Kier molecular flexibility index (Phi) is 13.8. The molecule has 0 radical (unpaired) electrons. The van der Waals surface area contributed by atoms with Crippen LogP contribution in [-0.4, -0.2) is 121 Å². The monoisotopic (exact) mass is 940 g/mol. The van der Waals surface area contributed by atoms with E-state index in [9.17, 15) is 33.7 Å². The van der Waals surface area contributed by atoms with E-state index in [4.69, 9.17) is 15.9 Å². The SMILES string of the molecule is C#CCC1CN(c2ccccc2NS(=O)(=O)c2ccc(S(=O)(=O)N(C)CC3CN(c4ccccc4NS(=O)(=O)c4ccc(S(=O)(=O)N(C)C)cc4)CC(C4CCC4)O3)cc2)CCO1. The van der Waals surface area contributed by atoms with Crippen molar-refractivity contribution in [3.8, 4) is 12.3 Å². The summed E-state index contributed by atoms with van der Waals surface area (Å²) in [7, 11) is -12.0. The summed E-state index contributed by atoms with van der Waals surface area (Å²) in [6.07, 6.45) is 7.82. The third-order valence-electron chi connectivity index (χ3n) is 11.5. The number of para-hydroxylation sites is 4. The highest BCUT2D eigenvalue weighted by Gasteiger charge is 2.38. The van der Waals surface area contributed by atoms with Crippen LogP contribution < -0.4 is 19.2 Å². The van der Waals surface area contributed by atoms with E-state index in [1.807, 2.05) is 21.9 Å². The van der Waals surface area contributed by atoms with Crippen LogP contribution in [0, 0.1) is 18.3 Å². The molecule has 2 N–H and O–H groups in total. The van der Waals surface area contributed by atoms with Crippen molar-refractivity contribution in [1.82, 2.24) is 8.61 Å². The first-order valence-corrected chi connectivity index (χ1v) is 26.3. The van der Waals surface area contributed by atoms with Gasteiger partial charge in [0, 0.05) is 60.3 Å². The van der Waals surface area contributed by atoms with E-state index in [1.54, 1.807) is 36.4 Å². The van der Waals surface area contributed by atoms with Gasteiger partial charge in [-0.1, -0.05) is 30.7 Å². The van der Waals surface area contributed by atoms with Crippen molar-refractivity contribution in [2.24, 2.45) is 5.92 Å². The molecule has 0 bridgehead atoms. The van der Waals surface area contributed by atoms with Gasteiger partial charge in [0.15, 0.2) is 0 Å². The van der Waals surface area contributed by atoms with Gasteiger partial charge in [0.05, 0.1) is 67.3 Å². The summed E-state index contributed by atoms with van der Waals surface area (Å²) in [6, 6.07) is 23.9. The number of hydrogen-bond acceptors (Lipinski definition) is 12. The summed E-state index contributed by atoms with van der Waals surface area (Å²) >= 11 is 0. The second-order valence-electron chi connectivity index (χ2n) is 16.0. The average molecular weight is 941 g/mol. The van der Waals surface area contributed by atoms with Crippen LogP contribution in [0.4, 0.5) is 22.7 Å². The molecule has 7 rings (SSSR count). The van der Waals surface area contributed by atoms with Crippen LogP contribution in [0.1, 0.15) is 25.7 Å². The molecular weight excluding hydrogens is 889 g/mol. The first kappa shape index (κ1) is 46.3. The zero-order chi connectivity index (χ0) is 45.2. The fraction of sp³-hybridized carbons (Fsp3) is 0.395. The number of benzene rings is 4. The number of nitrogens with one attached hydrogen (secondary N) is 2. The number of morpholine rings is 2. The molecule has 3 unspecified atom stereocenters. The van der Waals surface area contributed by atoms with Crippen LogP contribution in [0.2, 0.25) is 0 Å². The van der Waals surface area contributed by atoms with Gasteiger partial charge in [-0.2, -0.15) is 4.31 Å². The number of sulfonamides is 4. The molecule has 4 aromatic rings. The fourth-order valence-electron chi connectivity index (χ4n) is 7.87. The van der Waals surface area contributed by atoms with E-state index in [0.717, 1.165) is 23.6 Å². The lowest BCUT2D eigenvalue weighted by Crippen LogP contribution is -2.54. The Labute approximate surface area is 371 Å². The molecule has 0 spiro atoms. The van der Waals surface area contributed by atoms with E-state index in [0.29, 0.717) is 55.4 Å². The molecule has 16 nitrogen and oxygen atoms in total. The van der Waals surface area contributed by atoms with Gasteiger partial charge < -0.3 is 19.3 Å². The molecule has 2 saturated heterocycles. The van der Waals surface area contributed by atoms with Gasteiger partial charge in [0.1, 0.15) is 0 Å². The minimum Gasteiger partial charge on any atom is -0.374 e. The van der Waals surface area contributed by atoms with Gasteiger partial charge in [0.2, 0.25) is 20.0 Å². The van der Waals surface area contributed by atoms with Crippen molar-refractivity contribution in [1.29, 1.82) is 0 Å². The maximum atomic E-state index is 14.0. The highest BCUT2D eigenvalue weighted by atomic mass is 32.2. The molecular formula is C43H52N6O10S4. The molecule has 1 aliphatic carbocycles. The summed E-state index contributed by atoms with van der Waals surface area (Å²) in [6.45, 7) is 2.12. The number of anilines is 4. The van der Waals surface area contributed by atoms with Crippen LogP contribution >= 0.6 is 0 Å². The van der Waals surface area contributed by atoms with Crippen molar-refractivity contribution in [2.75, 3.05) is 79.7 Å². The Morgan fingerprint density at radius 3 is 1.65 bits per heavy atom. The van der Waals surface area contributed by atoms with Crippen molar-refractivity contribution < 1.29 is 43.1 Å². The zero-order valence-corrected chi connectivity index (χ0v) is 38.5. The highest BCUT2D eigenvalue weighted by Crippen LogP contribution is 2.38. The Hall–Kier alpha value is -4.72. The number of ether oxygens (including phenoxy) is 2. The molecule has 3 aliphatic rings. The summed E-state index contributed by atoms with van der Waals surface area (Å²) < 4.78 is 128. The summed E-state index contributed by atoms with van der Waals surface area (Å²) in [5.41, 5.74) is 1.89. The van der Waals surface area contributed by atoms with Crippen LogP contribution in [0.15, 0.2) is 117 Å². The second kappa shape index (κ2) is 18.8. The standard InChI is InChI=1S/C43H52N6O10S4/c1-5-11-33-29-48(26-27-58-33)41-16-8-6-14-39(41)44-60(50,51)36-20-24-38(25-21-36)63(56,57)47(4)28-34-30-49(31-43(59-34)32-12-10-13-32)42-17-9-7-15-40(42)45-61(52,53)35-18-22-37(23-19-35)62(54,55)46(2)3/h1,6-9,14-25,32-34,43-45H,10-13,26-31H2,2-4H3. The second-order valence-corrected chi connectivity index (χ2v) is 23.6. The maximum Gasteiger partial charge on any atom is 0.261 e. The molecule has 0 amide bonds. The Balaban J connectivity index is 1.05. The molecule has 2 aliphatic heterocycles. The summed E-state index contributed by atoms with van der Waals surface area (Å²) in [5.74, 6) is 2.86. The highest BCUT2D eigenvalue weighted by molar-refractivity contribution is 7.93. The van der Waals surface area contributed by atoms with Crippen molar-refractivity contribution in [2.45, 2.75) is 63.6 Å². The predicted octanol–water partition coefficient (Wildman–Crippen LogP) is 4.46. The first-order valence-electron chi connectivity index (χ1n) is 20.4. The normalized spacial score (nSPS) is 20.3. The third kappa shape index (κ3) is 10.3. The van der Waals surface area contributed by atoms with Gasteiger partial charge in [-0.25, -0.2) is 38.0 Å². The van der Waals surface area contributed by atoms with Crippen LogP contribution in [-0.2, 0) is 49.6 Å². The van der Waals surface area contributed by atoms with E-state index >= 15 is 0 Å². The molecule has 1 saturated carbocycles. The maximum absolute atomic E-state index is 14.0. The molecule has 3 fully saturated rings. The first-order chi connectivity index (χ1) is 29.9. The number of likely N-dealkylation sites (N-methyl/N-ethyl adjacent to an activating group) is 1. The molecule has 20 heteroatoms. The Morgan fingerprint density at radius 1 is 0.651 bits per heavy atom. The fourth-order valence-corrected chi connectivity index (χ4v) is 12.1. The quantitative estimate of drug-likeness (QED) is 0.150. The molecule has 63 heavy (non-hydrogen) atoms. The van der Waals surface area contributed by atoms with E-state index in [-0.39, 0.29) is 50.8 Å². The number of terminal acetylenes is 1. The van der Waals surface area contributed by atoms with E-state index in [2.05, 4.69) is 15.4 Å². The van der Waals surface area contributed by atoms with Gasteiger partial charge in [-0.3, -0.25) is 9.44 Å². The average Bonchev–Trinajstić information content (AvgIpc) is 3.23. The molecule has 2 heterocycles. The van der Waals surface area contributed by atoms with Gasteiger partial charge in [-0.15, -0.1) is 12.3 Å². The topological polar surface area (TPSA) is 192 Å². The van der Waals surface area contributed by atoms with Crippen molar-refractivity contribution in [3.63, 3.8) is 0 Å². The van der Waals surface area contributed by atoms with E-state index in [1.165, 1.54) is 74.0 Å². The number of rotatable bonds is 16. The van der Waals surface area contributed by atoms with Crippen LogP contribution in [0.25, 0.3) is 0 Å². The molecule has 338 valence electrons. The molecule has 0 aromatic heterocycles. The van der Waals surface area contributed by atoms with Gasteiger partial charge in [0.25, 0.3) is 20.0 Å². The van der Waals surface area contributed by atoms with Crippen molar-refractivity contribution >= 4 is 62.8 Å². The smallest absolute Gasteiger partial charge is 0.261 e. The number of hydrogen-bond donors (Lipinski definition) is 2. The molecule has 4 aromatic carbocycles. The zero-order valence-electron chi connectivity index (χ0n) is 35.2. The predicted molar refractivity (Wildman–Crippen MR) is 242 cm³/mol. The minimum atomic E-state index is -4.16. The third-order valence-corrected chi connectivity index (χ3v) is 18.0. The Bertz CT molecular complexity index is 2760. The Morgan fingerprint density at radius 2 is 1.14 bits per heavy atom. The lowest BCUT2D eigenvalue weighted by atomic mass is 9.80. The van der Waals surface area contributed by atoms with E-state index < -0.39 is 46.2 Å². The van der Waals surface area contributed by atoms with Crippen LogP contribution in [0.5, 0.6) is 0 Å². The lowest BCUT2D eigenvalue weighted by Gasteiger charge is -2.45.